The Morgan fingerprint density at radius 2 is 2.00 bits per heavy atom. The van der Waals surface area contributed by atoms with Crippen molar-refractivity contribution in [1.29, 1.82) is 0 Å². The molecule has 1 fully saturated rings. The van der Waals surface area contributed by atoms with Crippen molar-refractivity contribution in [2.24, 2.45) is 0 Å². The molecule has 0 radical (unpaired) electrons. The van der Waals surface area contributed by atoms with E-state index in [1.54, 1.807) is 12.3 Å². The van der Waals surface area contributed by atoms with Gasteiger partial charge in [0.2, 0.25) is 5.95 Å². The molecular formula is C16H16F2N4O2. The van der Waals surface area contributed by atoms with Gasteiger partial charge in [0.15, 0.2) is 11.6 Å². The number of halogens is 2. The van der Waals surface area contributed by atoms with E-state index in [2.05, 4.69) is 15.3 Å². The van der Waals surface area contributed by atoms with Crippen LogP contribution in [0.5, 0.6) is 0 Å². The number of hydrogen-bond acceptors (Lipinski definition) is 5. The molecule has 1 aromatic carbocycles. The first kappa shape index (κ1) is 16.3. The summed E-state index contributed by atoms with van der Waals surface area (Å²) in [4.78, 5) is 22.6. The molecule has 0 aliphatic carbocycles. The van der Waals surface area contributed by atoms with E-state index in [9.17, 15) is 13.6 Å². The standard InChI is InChI=1S/C16H16F2N4O2/c17-13-2-1-11(9-14(13)18)15(23)20-10-12-3-4-19-16(21-12)22-5-7-24-8-6-22/h1-4,9H,5-8,10H2,(H,20,23). The summed E-state index contributed by atoms with van der Waals surface area (Å²) in [5.74, 6) is -1.96. The van der Waals surface area contributed by atoms with Crippen LogP contribution in [0.4, 0.5) is 14.7 Å². The minimum absolute atomic E-state index is 0.0522. The first-order valence-electron chi connectivity index (χ1n) is 7.51. The topological polar surface area (TPSA) is 67.4 Å². The van der Waals surface area contributed by atoms with E-state index in [1.165, 1.54) is 6.07 Å². The second-order valence-electron chi connectivity index (χ2n) is 5.26. The van der Waals surface area contributed by atoms with Crippen LogP contribution in [-0.4, -0.2) is 42.2 Å². The van der Waals surface area contributed by atoms with E-state index in [0.717, 1.165) is 12.1 Å². The van der Waals surface area contributed by atoms with Gasteiger partial charge in [0, 0.05) is 24.8 Å². The lowest BCUT2D eigenvalue weighted by molar-refractivity contribution is 0.0950. The number of ether oxygens (including phenoxy) is 1. The zero-order chi connectivity index (χ0) is 16.9. The molecule has 0 unspecified atom stereocenters. The number of nitrogens with one attached hydrogen (secondary N) is 1. The zero-order valence-electron chi connectivity index (χ0n) is 12.8. The SMILES string of the molecule is O=C(NCc1ccnc(N2CCOCC2)n1)c1ccc(F)c(F)c1. The van der Waals surface area contributed by atoms with E-state index in [-0.39, 0.29) is 12.1 Å². The number of hydrogen-bond donors (Lipinski definition) is 1. The van der Waals surface area contributed by atoms with Gasteiger partial charge in [-0.3, -0.25) is 4.79 Å². The van der Waals surface area contributed by atoms with Gasteiger partial charge < -0.3 is 15.0 Å². The monoisotopic (exact) mass is 334 g/mol. The average molecular weight is 334 g/mol. The molecule has 1 amide bonds. The van der Waals surface area contributed by atoms with Gasteiger partial charge in [-0.05, 0) is 24.3 Å². The van der Waals surface area contributed by atoms with E-state index in [0.29, 0.717) is 37.9 Å². The molecule has 0 saturated carbocycles. The normalized spacial score (nSPS) is 14.5. The number of benzene rings is 1. The maximum atomic E-state index is 13.2. The molecular weight excluding hydrogens is 318 g/mol. The molecule has 2 aromatic rings. The van der Waals surface area contributed by atoms with E-state index in [1.807, 2.05) is 4.90 Å². The quantitative estimate of drug-likeness (QED) is 0.918. The van der Waals surface area contributed by atoms with Gasteiger partial charge in [-0.1, -0.05) is 0 Å². The third-order valence-corrected chi connectivity index (χ3v) is 3.61. The molecule has 126 valence electrons. The van der Waals surface area contributed by atoms with Crippen molar-refractivity contribution < 1.29 is 18.3 Å². The highest BCUT2D eigenvalue weighted by Gasteiger charge is 2.14. The number of amides is 1. The van der Waals surface area contributed by atoms with Gasteiger partial charge in [-0.15, -0.1) is 0 Å². The maximum absolute atomic E-state index is 13.2. The fourth-order valence-corrected chi connectivity index (χ4v) is 2.31. The van der Waals surface area contributed by atoms with Gasteiger partial charge in [0.1, 0.15) is 0 Å². The Morgan fingerprint density at radius 1 is 1.21 bits per heavy atom. The Labute approximate surface area is 137 Å². The second-order valence-corrected chi connectivity index (χ2v) is 5.26. The molecule has 3 rings (SSSR count). The fraction of sp³-hybridized carbons (Fsp3) is 0.312. The summed E-state index contributed by atoms with van der Waals surface area (Å²) in [5, 5.41) is 2.63. The fourth-order valence-electron chi connectivity index (χ4n) is 2.31. The van der Waals surface area contributed by atoms with Crippen molar-refractivity contribution in [2.75, 3.05) is 31.2 Å². The Hall–Kier alpha value is -2.61. The second kappa shape index (κ2) is 7.31. The van der Waals surface area contributed by atoms with Crippen molar-refractivity contribution in [3.05, 3.63) is 53.4 Å². The number of morpholine rings is 1. The largest absolute Gasteiger partial charge is 0.378 e. The van der Waals surface area contributed by atoms with E-state index in [4.69, 9.17) is 4.74 Å². The van der Waals surface area contributed by atoms with Crippen LogP contribution in [0.3, 0.4) is 0 Å². The molecule has 1 aliphatic rings. The summed E-state index contributed by atoms with van der Waals surface area (Å²) < 4.78 is 31.4. The molecule has 24 heavy (non-hydrogen) atoms. The van der Waals surface area contributed by atoms with Gasteiger partial charge in [0.05, 0.1) is 25.5 Å². The van der Waals surface area contributed by atoms with Gasteiger partial charge in [0.25, 0.3) is 5.91 Å². The van der Waals surface area contributed by atoms with Crippen LogP contribution in [0.15, 0.2) is 30.5 Å². The summed E-state index contributed by atoms with van der Waals surface area (Å²) in [6.07, 6.45) is 1.62. The summed E-state index contributed by atoms with van der Waals surface area (Å²) in [7, 11) is 0. The van der Waals surface area contributed by atoms with Crippen molar-refractivity contribution >= 4 is 11.9 Å². The summed E-state index contributed by atoms with van der Waals surface area (Å²) in [6, 6.07) is 4.71. The molecule has 6 nitrogen and oxygen atoms in total. The number of anilines is 1. The number of aromatic nitrogens is 2. The summed E-state index contributed by atoms with van der Waals surface area (Å²) in [6.45, 7) is 2.84. The molecule has 1 aliphatic heterocycles. The van der Waals surface area contributed by atoms with E-state index < -0.39 is 17.5 Å². The lowest BCUT2D eigenvalue weighted by Gasteiger charge is -2.26. The van der Waals surface area contributed by atoms with Crippen LogP contribution in [0.2, 0.25) is 0 Å². The molecule has 0 atom stereocenters. The minimum atomic E-state index is -1.06. The first-order chi connectivity index (χ1) is 11.6. The van der Waals surface area contributed by atoms with Crippen molar-refractivity contribution in [3.8, 4) is 0 Å². The highest BCUT2D eigenvalue weighted by Crippen LogP contribution is 2.11. The van der Waals surface area contributed by atoms with Gasteiger partial charge in [-0.25, -0.2) is 18.7 Å². The highest BCUT2D eigenvalue weighted by molar-refractivity contribution is 5.94. The van der Waals surface area contributed by atoms with Crippen LogP contribution in [0, 0.1) is 11.6 Å². The van der Waals surface area contributed by atoms with Crippen molar-refractivity contribution in [3.63, 3.8) is 0 Å². The number of carbonyl (C=O) groups excluding carboxylic acids is 1. The minimum Gasteiger partial charge on any atom is -0.378 e. The predicted molar refractivity (Wildman–Crippen MR) is 82.6 cm³/mol. The average Bonchev–Trinajstić information content (AvgIpc) is 2.63. The lowest BCUT2D eigenvalue weighted by atomic mass is 10.2. The highest BCUT2D eigenvalue weighted by atomic mass is 19.2. The molecule has 8 heteroatoms. The molecule has 1 aromatic heterocycles. The van der Waals surface area contributed by atoms with Crippen LogP contribution in [-0.2, 0) is 11.3 Å². The third-order valence-electron chi connectivity index (χ3n) is 3.61. The van der Waals surface area contributed by atoms with Crippen LogP contribution in [0.1, 0.15) is 16.1 Å². The van der Waals surface area contributed by atoms with Crippen LogP contribution in [0.25, 0.3) is 0 Å². The van der Waals surface area contributed by atoms with Crippen molar-refractivity contribution in [2.45, 2.75) is 6.54 Å². The number of rotatable bonds is 4. The van der Waals surface area contributed by atoms with Crippen LogP contribution >= 0.6 is 0 Å². The Morgan fingerprint density at radius 3 is 2.75 bits per heavy atom. The Balaban J connectivity index is 1.63. The van der Waals surface area contributed by atoms with E-state index >= 15 is 0 Å². The molecule has 1 saturated heterocycles. The molecule has 0 bridgehead atoms. The maximum Gasteiger partial charge on any atom is 0.251 e. The smallest absolute Gasteiger partial charge is 0.251 e. The molecule has 2 heterocycles. The first-order valence-corrected chi connectivity index (χ1v) is 7.51. The number of carbonyl (C=O) groups is 1. The number of nitrogens with zero attached hydrogens (tertiary/aromatic N) is 3. The van der Waals surface area contributed by atoms with Gasteiger partial charge in [-0.2, -0.15) is 0 Å². The van der Waals surface area contributed by atoms with Crippen LogP contribution < -0.4 is 10.2 Å². The molecule has 1 N–H and O–H groups in total. The Bertz CT molecular complexity index is 736. The zero-order valence-corrected chi connectivity index (χ0v) is 12.8. The summed E-state index contributed by atoms with van der Waals surface area (Å²) in [5.41, 5.74) is 0.679. The summed E-state index contributed by atoms with van der Waals surface area (Å²) >= 11 is 0. The third kappa shape index (κ3) is 3.83. The van der Waals surface area contributed by atoms with Gasteiger partial charge >= 0.3 is 0 Å². The lowest BCUT2D eigenvalue weighted by Crippen LogP contribution is -2.37. The predicted octanol–water partition coefficient (Wildman–Crippen LogP) is 1.52. The Kier molecular flexibility index (Phi) is 4.95. The molecule has 0 spiro atoms. The van der Waals surface area contributed by atoms with Crippen molar-refractivity contribution in [1.82, 2.24) is 15.3 Å².